The lowest BCUT2D eigenvalue weighted by atomic mass is 10.1. The second kappa shape index (κ2) is 7.23. The van der Waals surface area contributed by atoms with Gasteiger partial charge in [-0.1, -0.05) is 47.5 Å². The number of benzene rings is 2. The summed E-state index contributed by atoms with van der Waals surface area (Å²) in [5.74, 6) is 0. The molecule has 3 aromatic heterocycles. The molecule has 0 amide bonds. The van der Waals surface area contributed by atoms with E-state index in [9.17, 15) is 4.79 Å². The van der Waals surface area contributed by atoms with Gasteiger partial charge in [-0.15, -0.1) is 10.2 Å². The molecule has 8 heteroatoms. The van der Waals surface area contributed by atoms with Gasteiger partial charge in [0, 0.05) is 16.2 Å². The van der Waals surface area contributed by atoms with Gasteiger partial charge in [-0.05, 0) is 48.4 Å². The van der Waals surface area contributed by atoms with E-state index in [4.69, 9.17) is 23.2 Å². The molecule has 148 valence electrons. The first-order valence-electron chi connectivity index (χ1n) is 9.27. The van der Waals surface area contributed by atoms with Gasteiger partial charge in [0.15, 0.2) is 11.2 Å². The van der Waals surface area contributed by atoms with Crippen molar-refractivity contribution in [3.63, 3.8) is 0 Å². The van der Waals surface area contributed by atoms with E-state index in [0.29, 0.717) is 27.8 Å². The highest BCUT2D eigenvalue weighted by atomic mass is 35.5. The van der Waals surface area contributed by atoms with Gasteiger partial charge in [-0.2, -0.15) is 5.10 Å². The zero-order valence-corrected chi connectivity index (χ0v) is 17.4. The molecule has 0 aliphatic carbocycles. The second-order valence-corrected chi connectivity index (χ2v) is 7.88. The summed E-state index contributed by atoms with van der Waals surface area (Å²) in [7, 11) is 0. The fourth-order valence-corrected chi connectivity index (χ4v) is 3.81. The lowest BCUT2D eigenvalue weighted by Crippen LogP contribution is -2.22. The van der Waals surface area contributed by atoms with Gasteiger partial charge in [-0.3, -0.25) is 4.79 Å². The maximum absolute atomic E-state index is 13.0. The van der Waals surface area contributed by atoms with Crippen LogP contribution < -0.4 is 5.56 Å². The number of rotatable bonds is 3. The van der Waals surface area contributed by atoms with Crippen LogP contribution in [0.4, 0.5) is 0 Å². The number of hydrogen-bond donors (Lipinski definition) is 0. The van der Waals surface area contributed by atoms with Crippen LogP contribution in [0.1, 0.15) is 11.3 Å². The minimum absolute atomic E-state index is 0.224. The summed E-state index contributed by atoms with van der Waals surface area (Å²) in [4.78, 5) is 13.0. The molecular formula is C22H15Cl2N5O. The van der Waals surface area contributed by atoms with Gasteiger partial charge in [0.1, 0.15) is 5.52 Å². The van der Waals surface area contributed by atoms with Gasteiger partial charge in [0.05, 0.1) is 17.8 Å². The third kappa shape index (κ3) is 3.14. The topological polar surface area (TPSA) is 65.1 Å². The van der Waals surface area contributed by atoms with Crippen molar-refractivity contribution in [3.8, 4) is 11.1 Å². The summed E-state index contributed by atoms with van der Waals surface area (Å²) >= 11 is 12.0. The third-order valence-electron chi connectivity index (χ3n) is 5.03. The van der Waals surface area contributed by atoms with Crippen molar-refractivity contribution in [2.24, 2.45) is 0 Å². The molecule has 6 nitrogen and oxygen atoms in total. The van der Waals surface area contributed by atoms with Crippen LogP contribution in [0.3, 0.4) is 0 Å². The van der Waals surface area contributed by atoms with E-state index in [1.807, 2.05) is 49.4 Å². The lowest BCUT2D eigenvalue weighted by Gasteiger charge is -2.08. The largest absolute Gasteiger partial charge is 0.309 e. The Morgan fingerprint density at radius 3 is 2.27 bits per heavy atom. The summed E-state index contributed by atoms with van der Waals surface area (Å²) < 4.78 is 3.28. The Bertz CT molecular complexity index is 1450. The van der Waals surface area contributed by atoms with Crippen LogP contribution >= 0.6 is 23.2 Å². The fourth-order valence-electron chi connectivity index (χ4n) is 3.56. The number of aryl methyl sites for hydroxylation is 1. The van der Waals surface area contributed by atoms with Crippen LogP contribution in [0.5, 0.6) is 0 Å². The Morgan fingerprint density at radius 1 is 0.900 bits per heavy atom. The first-order chi connectivity index (χ1) is 14.5. The van der Waals surface area contributed by atoms with E-state index < -0.39 is 0 Å². The van der Waals surface area contributed by atoms with E-state index in [0.717, 1.165) is 22.4 Å². The van der Waals surface area contributed by atoms with Crippen LogP contribution in [-0.2, 0) is 6.54 Å². The van der Waals surface area contributed by atoms with Crippen LogP contribution in [0, 0.1) is 6.92 Å². The predicted molar refractivity (Wildman–Crippen MR) is 118 cm³/mol. The average Bonchev–Trinajstić information content (AvgIpc) is 3.08. The zero-order valence-electron chi connectivity index (χ0n) is 15.9. The fraction of sp³-hybridized carbons (Fsp3) is 0.0909. The monoisotopic (exact) mass is 435 g/mol. The molecule has 0 bridgehead atoms. The molecule has 0 saturated heterocycles. The Kier molecular flexibility index (Phi) is 4.53. The molecule has 0 fully saturated rings. The van der Waals surface area contributed by atoms with Crippen molar-refractivity contribution < 1.29 is 0 Å². The normalized spacial score (nSPS) is 11.4. The van der Waals surface area contributed by atoms with E-state index in [2.05, 4.69) is 15.3 Å². The first kappa shape index (κ1) is 18.8. The molecule has 0 spiro atoms. The van der Waals surface area contributed by atoms with Gasteiger partial charge in [-0.25, -0.2) is 4.52 Å². The van der Waals surface area contributed by atoms with E-state index in [1.165, 1.54) is 0 Å². The molecule has 5 aromatic rings. The first-order valence-corrected chi connectivity index (χ1v) is 10.0. The van der Waals surface area contributed by atoms with Crippen LogP contribution in [0.15, 0.2) is 65.6 Å². The van der Waals surface area contributed by atoms with Crippen LogP contribution in [0.25, 0.3) is 27.8 Å². The average molecular weight is 436 g/mol. The Morgan fingerprint density at radius 2 is 1.57 bits per heavy atom. The highest BCUT2D eigenvalue weighted by Crippen LogP contribution is 2.29. The molecule has 0 radical (unpaired) electrons. The molecule has 30 heavy (non-hydrogen) atoms. The van der Waals surface area contributed by atoms with E-state index in [1.54, 1.807) is 27.4 Å². The molecule has 3 heterocycles. The van der Waals surface area contributed by atoms with Gasteiger partial charge < -0.3 is 4.57 Å². The van der Waals surface area contributed by atoms with Crippen molar-refractivity contribution >= 4 is 39.9 Å². The minimum Gasteiger partial charge on any atom is -0.309 e. The quantitative estimate of drug-likeness (QED) is 0.409. The number of pyridine rings is 1. The van der Waals surface area contributed by atoms with Gasteiger partial charge in [0.2, 0.25) is 0 Å². The molecule has 0 N–H and O–H groups in total. The summed E-state index contributed by atoms with van der Waals surface area (Å²) in [6.07, 6.45) is 1.75. The van der Waals surface area contributed by atoms with E-state index in [-0.39, 0.29) is 11.1 Å². The molecule has 0 aliphatic heterocycles. The molecular weight excluding hydrogens is 421 g/mol. The zero-order chi connectivity index (χ0) is 20.8. The lowest BCUT2D eigenvalue weighted by molar-refractivity contribution is 0.760. The predicted octanol–water partition coefficient (Wildman–Crippen LogP) is 4.77. The highest BCUT2D eigenvalue weighted by Gasteiger charge is 2.17. The van der Waals surface area contributed by atoms with E-state index >= 15 is 0 Å². The number of halogens is 2. The van der Waals surface area contributed by atoms with Crippen molar-refractivity contribution in [2.75, 3.05) is 0 Å². The maximum atomic E-state index is 13.0. The SMILES string of the molecule is Cc1nn2c(nnc3c(=O)n(Cc4ccc(Cl)cc4)ccc32)c1-c1ccc(Cl)cc1. The molecule has 0 atom stereocenters. The van der Waals surface area contributed by atoms with Crippen LogP contribution in [-0.4, -0.2) is 24.4 Å². The summed E-state index contributed by atoms with van der Waals surface area (Å²) in [6, 6.07) is 16.7. The Balaban J connectivity index is 1.65. The summed E-state index contributed by atoms with van der Waals surface area (Å²) in [5.41, 5.74) is 4.82. The number of hydrogen-bond acceptors (Lipinski definition) is 4. The smallest absolute Gasteiger partial charge is 0.280 e. The second-order valence-electron chi connectivity index (χ2n) is 7.01. The molecule has 0 aliphatic rings. The van der Waals surface area contributed by atoms with Gasteiger partial charge in [0.25, 0.3) is 5.56 Å². The minimum atomic E-state index is -0.224. The Hall–Kier alpha value is -3.22. The molecule has 2 aromatic carbocycles. The number of aromatic nitrogens is 5. The summed E-state index contributed by atoms with van der Waals surface area (Å²) in [5, 5.41) is 14.5. The standard InChI is InChI=1S/C22H15Cl2N5O/c1-13-19(15-4-8-17(24)9-5-15)21-26-25-20-18(29(21)27-13)10-11-28(22(20)30)12-14-2-6-16(23)7-3-14/h2-11H,12H2,1H3. The van der Waals surface area contributed by atoms with Crippen molar-refractivity contribution in [1.82, 2.24) is 24.4 Å². The third-order valence-corrected chi connectivity index (χ3v) is 5.53. The molecule has 0 saturated carbocycles. The van der Waals surface area contributed by atoms with Crippen molar-refractivity contribution in [2.45, 2.75) is 13.5 Å². The van der Waals surface area contributed by atoms with Crippen molar-refractivity contribution in [3.05, 3.63) is 92.5 Å². The Labute approximate surface area is 181 Å². The highest BCUT2D eigenvalue weighted by molar-refractivity contribution is 6.30. The summed E-state index contributed by atoms with van der Waals surface area (Å²) in [6.45, 7) is 2.33. The maximum Gasteiger partial charge on any atom is 0.280 e. The number of fused-ring (bicyclic) bond motifs is 3. The molecule has 5 rings (SSSR count). The van der Waals surface area contributed by atoms with Crippen molar-refractivity contribution in [1.29, 1.82) is 0 Å². The molecule has 0 unspecified atom stereocenters. The number of nitrogens with zero attached hydrogens (tertiary/aromatic N) is 5. The van der Waals surface area contributed by atoms with Crippen LogP contribution in [0.2, 0.25) is 10.0 Å². The van der Waals surface area contributed by atoms with Gasteiger partial charge >= 0.3 is 0 Å².